The van der Waals surface area contributed by atoms with Gasteiger partial charge in [0, 0.05) is 31.5 Å². The number of para-hydroxylation sites is 1. The molecule has 23 heavy (non-hydrogen) atoms. The van der Waals surface area contributed by atoms with Gasteiger partial charge in [-0.1, -0.05) is 30.3 Å². The molecule has 0 bridgehead atoms. The monoisotopic (exact) mass is 309 g/mol. The molecule has 1 saturated heterocycles. The smallest absolute Gasteiger partial charge is 0.321 e. The largest absolute Gasteiger partial charge is 0.368 e. The first kappa shape index (κ1) is 15.4. The SMILES string of the molecule is Cc1ccc(C)c(NC(=O)N2CC(N(C)c3ccccc3)C2)c1. The highest BCUT2D eigenvalue weighted by Gasteiger charge is 2.33. The maximum Gasteiger partial charge on any atom is 0.321 e. The molecular weight excluding hydrogens is 286 g/mol. The van der Waals surface area contributed by atoms with Crippen LogP contribution >= 0.6 is 0 Å². The summed E-state index contributed by atoms with van der Waals surface area (Å²) in [7, 11) is 2.08. The fourth-order valence-electron chi connectivity index (χ4n) is 2.80. The Labute approximate surface area is 137 Å². The van der Waals surface area contributed by atoms with Crippen molar-refractivity contribution in [2.75, 3.05) is 30.4 Å². The molecule has 4 nitrogen and oxygen atoms in total. The lowest BCUT2D eigenvalue weighted by Crippen LogP contribution is -2.61. The van der Waals surface area contributed by atoms with Gasteiger partial charge >= 0.3 is 6.03 Å². The Balaban J connectivity index is 1.57. The third-order valence-corrected chi connectivity index (χ3v) is 4.50. The van der Waals surface area contributed by atoms with Crippen LogP contribution in [0.2, 0.25) is 0 Å². The van der Waals surface area contributed by atoms with Gasteiger partial charge in [0.1, 0.15) is 0 Å². The molecule has 0 unspecified atom stereocenters. The van der Waals surface area contributed by atoms with Crippen LogP contribution in [0.5, 0.6) is 0 Å². The van der Waals surface area contributed by atoms with Crippen LogP contribution in [0.4, 0.5) is 16.2 Å². The van der Waals surface area contributed by atoms with Crippen LogP contribution < -0.4 is 10.2 Å². The van der Waals surface area contributed by atoms with Crippen LogP contribution in [0.25, 0.3) is 0 Å². The van der Waals surface area contributed by atoms with Crippen LogP contribution in [-0.4, -0.2) is 37.1 Å². The molecule has 1 N–H and O–H groups in total. The van der Waals surface area contributed by atoms with E-state index in [-0.39, 0.29) is 6.03 Å². The Morgan fingerprint density at radius 2 is 1.83 bits per heavy atom. The summed E-state index contributed by atoms with van der Waals surface area (Å²) < 4.78 is 0. The van der Waals surface area contributed by atoms with Crippen molar-refractivity contribution in [3.63, 3.8) is 0 Å². The fraction of sp³-hybridized carbons (Fsp3) is 0.316. The molecule has 2 aromatic carbocycles. The number of aryl methyl sites for hydroxylation is 2. The van der Waals surface area contributed by atoms with Gasteiger partial charge in [0.2, 0.25) is 0 Å². The van der Waals surface area contributed by atoms with E-state index in [1.807, 2.05) is 49.1 Å². The van der Waals surface area contributed by atoms with Crippen molar-refractivity contribution in [1.29, 1.82) is 0 Å². The highest BCUT2D eigenvalue weighted by molar-refractivity contribution is 5.91. The summed E-state index contributed by atoms with van der Waals surface area (Å²) in [5, 5.41) is 3.02. The van der Waals surface area contributed by atoms with Gasteiger partial charge in [0.05, 0.1) is 6.04 Å². The number of nitrogens with one attached hydrogen (secondary N) is 1. The molecule has 1 aliphatic rings. The second-order valence-electron chi connectivity index (χ2n) is 6.25. The standard InChI is InChI=1S/C19H23N3O/c1-14-9-10-15(2)18(11-14)20-19(23)22-12-17(13-22)21(3)16-7-5-4-6-8-16/h4-11,17H,12-13H2,1-3H3,(H,20,23). The van der Waals surface area contributed by atoms with E-state index in [2.05, 4.69) is 35.5 Å². The van der Waals surface area contributed by atoms with Gasteiger partial charge in [-0.15, -0.1) is 0 Å². The number of benzene rings is 2. The van der Waals surface area contributed by atoms with Crippen LogP contribution in [0, 0.1) is 13.8 Å². The number of amides is 2. The molecule has 1 aliphatic heterocycles. The third kappa shape index (κ3) is 3.31. The number of urea groups is 1. The lowest BCUT2D eigenvalue weighted by atomic mass is 10.1. The van der Waals surface area contributed by atoms with E-state index in [1.165, 1.54) is 5.69 Å². The van der Waals surface area contributed by atoms with E-state index in [0.717, 1.165) is 29.9 Å². The van der Waals surface area contributed by atoms with Crippen molar-refractivity contribution >= 4 is 17.4 Å². The summed E-state index contributed by atoms with van der Waals surface area (Å²) in [5.41, 5.74) is 4.32. The predicted octanol–water partition coefficient (Wildman–Crippen LogP) is 3.66. The number of hydrogen-bond donors (Lipinski definition) is 1. The van der Waals surface area contributed by atoms with Crippen molar-refractivity contribution < 1.29 is 4.79 Å². The molecule has 0 saturated carbocycles. The molecule has 120 valence electrons. The van der Waals surface area contributed by atoms with Crippen molar-refractivity contribution in [2.45, 2.75) is 19.9 Å². The summed E-state index contributed by atoms with van der Waals surface area (Å²) in [5.74, 6) is 0. The summed E-state index contributed by atoms with van der Waals surface area (Å²) in [6.07, 6.45) is 0. The molecule has 0 radical (unpaired) electrons. The van der Waals surface area contributed by atoms with Crippen LogP contribution in [0.15, 0.2) is 48.5 Å². The second-order valence-corrected chi connectivity index (χ2v) is 6.25. The van der Waals surface area contributed by atoms with Crippen molar-refractivity contribution in [1.82, 2.24) is 4.90 Å². The van der Waals surface area contributed by atoms with Gasteiger partial charge in [0.25, 0.3) is 0 Å². The van der Waals surface area contributed by atoms with E-state index < -0.39 is 0 Å². The summed E-state index contributed by atoms with van der Waals surface area (Å²) in [4.78, 5) is 16.5. The number of rotatable bonds is 3. The number of hydrogen-bond acceptors (Lipinski definition) is 2. The Bertz CT molecular complexity index is 693. The summed E-state index contributed by atoms with van der Waals surface area (Å²) >= 11 is 0. The first-order valence-electron chi connectivity index (χ1n) is 7.95. The van der Waals surface area contributed by atoms with Gasteiger partial charge in [-0.3, -0.25) is 0 Å². The normalized spacial score (nSPS) is 14.3. The molecule has 0 spiro atoms. The maximum atomic E-state index is 12.4. The lowest BCUT2D eigenvalue weighted by molar-refractivity contribution is 0.163. The number of likely N-dealkylation sites (N-methyl/N-ethyl adjacent to an activating group) is 1. The van der Waals surface area contributed by atoms with Gasteiger partial charge < -0.3 is 15.1 Å². The molecule has 4 heteroatoms. The second kappa shape index (κ2) is 6.32. The minimum absolute atomic E-state index is 0.0172. The van der Waals surface area contributed by atoms with E-state index in [4.69, 9.17) is 0 Å². The van der Waals surface area contributed by atoms with Gasteiger partial charge in [-0.05, 0) is 43.2 Å². The number of carbonyl (C=O) groups excluding carboxylic acids is 1. The van der Waals surface area contributed by atoms with Gasteiger partial charge in [-0.2, -0.15) is 0 Å². The fourth-order valence-corrected chi connectivity index (χ4v) is 2.80. The quantitative estimate of drug-likeness (QED) is 0.939. The number of nitrogens with zero attached hydrogens (tertiary/aromatic N) is 2. The van der Waals surface area contributed by atoms with Gasteiger partial charge in [-0.25, -0.2) is 4.79 Å². The zero-order valence-corrected chi connectivity index (χ0v) is 13.9. The Morgan fingerprint density at radius 3 is 2.52 bits per heavy atom. The Kier molecular flexibility index (Phi) is 4.24. The zero-order valence-electron chi connectivity index (χ0n) is 13.9. The summed E-state index contributed by atoms with van der Waals surface area (Å²) in [6.45, 7) is 5.55. The molecule has 0 aliphatic carbocycles. The number of carbonyl (C=O) groups is 1. The Hall–Kier alpha value is -2.49. The van der Waals surface area contributed by atoms with E-state index in [9.17, 15) is 4.79 Å². The zero-order chi connectivity index (χ0) is 16.4. The predicted molar refractivity (Wildman–Crippen MR) is 95.1 cm³/mol. The molecule has 0 aromatic heterocycles. The molecule has 1 fully saturated rings. The van der Waals surface area contributed by atoms with Gasteiger partial charge in [0.15, 0.2) is 0 Å². The summed E-state index contributed by atoms with van der Waals surface area (Å²) in [6, 6.07) is 16.7. The number of likely N-dealkylation sites (tertiary alicyclic amines) is 1. The lowest BCUT2D eigenvalue weighted by Gasteiger charge is -2.44. The molecule has 0 atom stereocenters. The van der Waals surface area contributed by atoms with Crippen molar-refractivity contribution in [2.24, 2.45) is 0 Å². The van der Waals surface area contributed by atoms with Crippen LogP contribution in [-0.2, 0) is 0 Å². The van der Waals surface area contributed by atoms with Crippen LogP contribution in [0.1, 0.15) is 11.1 Å². The van der Waals surface area contributed by atoms with E-state index >= 15 is 0 Å². The molecular formula is C19H23N3O. The van der Waals surface area contributed by atoms with Crippen molar-refractivity contribution in [3.05, 3.63) is 59.7 Å². The first-order valence-corrected chi connectivity index (χ1v) is 7.95. The first-order chi connectivity index (χ1) is 11.0. The molecule has 2 amide bonds. The third-order valence-electron chi connectivity index (χ3n) is 4.50. The minimum atomic E-state index is -0.0172. The molecule has 2 aromatic rings. The van der Waals surface area contributed by atoms with Crippen molar-refractivity contribution in [3.8, 4) is 0 Å². The minimum Gasteiger partial charge on any atom is -0.368 e. The highest BCUT2D eigenvalue weighted by atomic mass is 16.2. The maximum absolute atomic E-state index is 12.4. The van der Waals surface area contributed by atoms with Crippen LogP contribution in [0.3, 0.4) is 0 Å². The number of anilines is 2. The van der Waals surface area contributed by atoms with E-state index in [0.29, 0.717) is 6.04 Å². The average molecular weight is 309 g/mol. The average Bonchev–Trinajstić information content (AvgIpc) is 2.50. The Morgan fingerprint density at radius 1 is 1.13 bits per heavy atom. The molecule has 1 heterocycles. The topological polar surface area (TPSA) is 35.6 Å². The molecule has 3 rings (SSSR count). The highest BCUT2D eigenvalue weighted by Crippen LogP contribution is 2.23. The van der Waals surface area contributed by atoms with E-state index in [1.54, 1.807) is 0 Å².